The van der Waals surface area contributed by atoms with Crippen molar-refractivity contribution in [2.45, 2.75) is 13.0 Å². The first-order chi connectivity index (χ1) is 10.0. The van der Waals surface area contributed by atoms with Crippen molar-refractivity contribution in [1.82, 2.24) is 5.32 Å². The predicted octanol–water partition coefficient (Wildman–Crippen LogP) is 1.17. The normalized spacial score (nSPS) is 12.9. The molecule has 1 N–H and O–H groups in total. The Hall–Kier alpha value is -2.39. The van der Waals surface area contributed by atoms with Crippen molar-refractivity contribution < 1.29 is 19.1 Å². The Kier molecular flexibility index (Phi) is 6.37. The van der Waals surface area contributed by atoms with Gasteiger partial charge in [0.2, 0.25) is 5.91 Å². The van der Waals surface area contributed by atoms with Gasteiger partial charge in [-0.3, -0.25) is 9.59 Å². The van der Waals surface area contributed by atoms with Gasteiger partial charge in [-0.15, -0.1) is 0 Å². The largest absolute Gasteiger partial charge is 0.497 e. The van der Waals surface area contributed by atoms with E-state index in [2.05, 4.69) is 5.32 Å². The number of amides is 1. The third-order valence-electron chi connectivity index (χ3n) is 2.83. The maximum Gasteiger partial charge on any atom is 0.245 e. The first-order valence-electron chi connectivity index (χ1n) is 6.40. The summed E-state index contributed by atoms with van der Waals surface area (Å²) in [6.45, 7) is 2.04. The Balaban J connectivity index is 2.81. The topological polar surface area (TPSA) is 88.4 Å². The molecule has 0 spiro atoms. The molecule has 6 heteroatoms. The first-order valence-corrected chi connectivity index (χ1v) is 6.40. The Bertz CT molecular complexity index is 534. The molecule has 1 rings (SSSR count). The van der Waals surface area contributed by atoms with Gasteiger partial charge in [-0.1, -0.05) is 0 Å². The van der Waals surface area contributed by atoms with Gasteiger partial charge in [-0.2, -0.15) is 5.26 Å². The van der Waals surface area contributed by atoms with E-state index in [1.165, 1.54) is 26.4 Å². The summed E-state index contributed by atoms with van der Waals surface area (Å²) >= 11 is 0. The van der Waals surface area contributed by atoms with Crippen molar-refractivity contribution >= 4 is 11.7 Å². The number of carbonyl (C=O) groups excluding carboxylic acids is 2. The number of nitrogens with one attached hydrogen (secondary N) is 1. The summed E-state index contributed by atoms with van der Waals surface area (Å²) in [4.78, 5) is 24.2. The molecule has 6 nitrogen and oxygen atoms in total. The molecule has 2 atom stereocenters. The zero-order valence-electron chi connectivity index (χ0n) is 12.3. The van der Waals surface area contributed by atoms with E-state index in [1.807, 2.05) is 0 Å². The average Bonchev–Trinajstić information content (AvgIpc) is 2.48. The molecule has 1 aromatic carbocycles. The van der Waals surface area contributed by atoms with Crippen LogP contribution >= 0.6 is 0 Å². The Labute approximate surface area is 123 Å². The predicted molar refractivity (Wildman–Crippen MR) is 75.9 cm³/mol. The minimum absolute atomic E-state index is 0.276. The molecule has 0 aliphatic carbocycles. The van der Waals surface area contributed by atoms with Crippen molar-refractivity contribution in [3.63, 3.8) is 0 Å². The van der Waals surface area contributed by atoms with Gasteiger partial charge in [0.05, 0.1) is 19.8 Å². The zero-order valence-corrected chi connectivity index (χ0v) is 12.3. The van der Waals surface area contributed by atoms with E-state index in [0.717, 1.165) is 0 Å². The number of hydrogen-bond acceptors (Lipinski definition) is 5. The van der Waals surface area contributed by atoms with Crippen LogP contribution in [0.25, 0.3) is 0 Å². The van der Waals surface area contributed by atoms with Crippen LogP contribution in [-0.2, 0) is 9.53 Å². The summed E-state index contributed by atoms with van der Waals surface area (Å²) in [5, 5.41) is 11.7. The van der Waals surface area contributed by atoms with Crippen LogP contribution in [0.15, 0.2) is 24.3 Å². The van der Waals surface area contributed by atoms with Gasteiger partial charge in [-0.25, -0.2) is 0 Å². The number of Topliss-reactive ketones (excluding diaryl/α,β-unsaturated/α-hetero) is 1. The van der Waals surface area contributed by atoms with Gasteiger partial charge in [0.15, 0.2) is 11.7 Å². The molecule has 112 valence electrons. The van der Waals surface area contributed by atoms with Crippen LogP contribution in [0.2, 0.25) is 0 Å². The molecule has 1 aromatic rings. The Morgan fingerprint density at radius 1 is 1.29 bits per heavy atom. The first kappa shape index (κ1) is 16.7. The summed E-state index contributed by atoms with van der Waals surface area (Å²) < 4.78 is 9.89. The molecule has 0 saturated heterocycles. The van der Waals surface area contributed by atoms with Gasteiger partial charge in [-0.05, 0) is 31.2 Å². The van der Waals surface area contributed by atoms with Crippen molar-refractivity contribution in [2.24, 2.45) is 5.92 Å². The number of benzene rings is 1. The van der Waals surface area contributed by atoms with Crippen molar-refractivity contribution in [1.29, 1.82) is 5.26 Å². The molecule has 0 fully saturated rings. The molecule has 0 aromatic heterocycles. The van der Waals surface area contributed by atoms with E-state index >= 15 is 0 Å². The van der Waals surface area contributed by atoms with E-state index in [-0.39, 0.29) is 11.6 Å². The summed E-state index contributed by atoms with van der Waals surface area (Å²) in [6.07, 6.45) is 0. The van der Waals surface area contributed by atoms with Gasteiger partial charge in [0, 0.05) is 18.7 Å². The molecule has 0 bridgehead atoms. The highest BCUT2D eigenvalue weighted by molar-refractivity contribution is 6.12. The van der Waals surface area contributed by atoms with E-state index < -0.39 is 17.6 Å². The van der Waals surface area contributed by atoms with E-state index in [9.17, 15) is 9.59 Å². The minimum Gasteiger partial charge on any atom is -0.497 e. The van der Waals surface area contributed by atoms with Crippen molar-refractivity contribution in [3.8, 4) is 11.8 Å². The third kappa shape index (κ3) is 4.58. The van der Waals surface area contributed by atoms with Crippen LogP contribution in [0.1, 0.15) is 17.3 Å². The fourth-order valence-corrected chi connectivity index (χ4v) is 1.78. The smallest absolute Gasteiger partial charge is 0.245 e. The molecule has 1 amide bonds. The lowest BCUT2D eigenvalue weighted by Crippen LogP contribution is -2.41. The lowest BCUT2D eigenvalue weighted by Gasteiger charge is -2.15. The van der Waals surface area contributed by atoms with E-state index in [4.69, 9.17) is 14.7 Å². The number of ketones is 1. The Morgan fingerprint density at radius 2 is 1.90 bits per heavy atom. The SMILES string of the molecule is COCC(C)NC(=O)C(C#N)C(=O)c1ccc(OC)cc1. The minimum atomic E-state index is -1.38. The van der Waals surface area contributed by atoms with E-state index in [1.54, 1.807) is 25.1 Å². The molecule has 0 radical (unpaired) electrons. The summed E-state index contributed by atoms with van der Waals surface area (Å²) in [5.41, 5.74) is 0.289. The van der Waals surface area contributed by atoms with E-state index in [0.29, 0.717) is 12.4 Å². The second-order valence-corrected chi connectivity index (χ2v) is 4.52. The van der Waals surface area contributed by atoms with Crippen LogP contribution in [0.4, 0.5) is 0 Å². The van der Waals surface area contributed by atoms with Gasteiger partial charge in [0.1, 0.15) is 5.75 Å². The number of rotatable bonds is 7. The molecule has 2 unspecified atom stereocenters. The molecular weight excluding hydrogens is 272 g/mol. The molecule has 0 saturated carbocycles. The zero-order chi connectivity index (χ0) is 15.8. The molecule has 21 heavy (non-hydrogen) atoms. The molecular formula is C15H18N2O4. The number of ether oxygens (including phenoxy) is 2. The quantitative estimate of drug-likeness (QED) is 0.601. The van der Waals surface area contributed by atoms with Crippen LogP contribution in [0.5, 0.6) is 5.75 Å². The lowest BCUT2D eigenvalue weighted by atomic mass is 9.97. The highest BCUT2D eigenvalue weighted by atomic mass is 16.5. The number of methoxy groups -OCH3 is 2. The second-order valence-electron chi connectivity index (χ2n) is 4.52. The molecule has 0 aliphatic rings. The average molecular weight is 290 g/mol. The summed E-state index contributed by atoms with van der Waals surface area (Å²) in [7, 11) is 3.02. The molecule has 0 heterocycles. The van der Waals surface area contributed by atoms with Gasteiger partial charge < -0.3 is 14.8 Å². The maximum atomic E-state index is 12.2. The van der Waals surface area contributed by atoms with Crippen molar-refractivity contribution in [2.75, 3.05) is 20.8 Å². The van der Waals surface area contributed by atoms with Crippen molar-refractivity contribution in [3.05, 3.63) is 29.8 Å². The fraction of sp³-hybridized carbons (Fsp3) is 0.400. The highest BCUT2D eigenvalue weighted by Crippen LogP contribution is 2.15. The number of nitriles is 1. The molecule has 0 aliphatic heterocycles. The fourth-order valence-electron chi connectivity index (χ4n) is 1.78. The Morgan fingerprint density at radius 3 is 2.38 bits per heavy atom. The van der Waals surface area contributed by atoms with Crippen LogP contribution in [0, 0.1) is 17.2 Å². The van der Waals surface area contributed by atoms with Crippen LogP contribution in [-0.4, -0.2) is 38.6 Å². The second kappa shape index (κ2) is 8.02. The highest BCUT2D eigenvalue weighted by Gasteiger charge is 2.28. The number of hydrogen-bond donors (Lipinski definition) is 1. The van der Waals surface area contributed by atoms with Gasteiger partial charge >= 0.3 is 0 Å². The standard InChI is InChI=1S/C15H18N2O4/c1-10(9-20-2)17-15(19)13(8-16)14(18)11-4-6-12(21-3)7-5-11/h4-7,10,13H,9H2,1-3H3,(H,17,19). The number of carbonyl (C=O) groups is 2. The van der Waals surface area contributed by atoms with Crippen LogP contribution in [0.3, 0.4) is 0 Å². The summed E-state index contributed by atoms with van der Waals surface area (Å²) in [6, 6.07) is 7.73. The number of nitrogens with zero attached hydrogens (tertiary/aromatic N) is 1. The third-order valence-corrected chi connectivity index (χ3v) is 2.83. The van der Waals surface area contributed by atoms with Crippen LogP contribution < -0.4 is 10.1 Å². The summed E-state index contributed by atoms with van der Waals surface area (Å²) in [5.74, 6) is -1.94. The van der Waals surface area contributed by atoms with Gasteiger partial charge in [0.25, 0.3) is 0 Å². The monoisotopic (exact) mass is 290 g/mol. The lowest BCUT2D eigenvalue weighted by molar-refractivity contribution is -0.123. The maximum absolute atomic E-state index is 12.2.